The van der Waals surface area contributed by atoms with Gasteiger partial charge in [-0.25, -0.2) is 13.2 Å². The van der Waals surface area contributed by atoms with Gasteiger partial charge >= 0.3 is 5.97 Å². The summed E-state index contributed by atoms with van der Waals surface area (Å²) in [5.74, 6) is -0.982. The standard InChI is InChI=1S/C10H10O5S/c1-6-7(10(11)12)2-3-8-9(6)15-4-5-16(8,13)14/h2-3H,4-5H2,1H3,(H,11,12). The smallest absolute Gasteiger partial charge is 0.336 e. The molecule has 1 aliphatic heterocycles. The molecule has 0 saturated carbocycles. The van der Waals surface area contributed by atoms with E-state index in [0.29, 0.717) is 5.56 Å². The highest BCUT2D eigenvalue weighted by atomic mass is 32.2. The highest BCUT2D eigenvalue weighted by molar-refractivity contribution is 7.91. The third-order valence-corrected chi connectivity index (χ3v) is 4.23. The highest BCUT2D eigenvalue weighted by Gasteiger charge is 2.28. The van der Waals surface area contributed by atoms with Crippen molar-refractivity contribution in [2.24, 2.45) is 0 Å². The van der Waals surface area contributed by atoms with Crippen LogP contribution in [-0.4, -0.2) is 31.9 Å². The molecule has 0 atom stereocenters. The number of sulfone groups is 1. The Morgan fingerprint density at radius 3 is 2.75 bits per heavy atom. The van der Waals surface area contributed by atoms with Crippen LogP contribution in [0.3, 0.4) is 0 Å². The molecule has 86 valence electrons. The number of rotatable bonds is 1. The molecule has 0 aromatic heterocycles. The molecule has 1 heterocycles. The summed E-state index contributed by atoms with van der Waals surface area (Å²) in [4.78, 5) is 10.9. The van der Waals surface area contributed by atoms with Gasteiger partial charge in [0.05, 0.1) is 11.3 Å². The lowest BCUT2D eigenvalue weighted by atomic mass is 10.1. The van der Waals surface area contributed by atoms with Gasteiger partial charge in [0.1, 0.15) is 17.3 Å². The molecular weight excluding hydrogens is 232 g/mol. The van der Waals surface area contributed by atoms with Crippen LogP contribution in [-0.2, 0) is 9.84 Å². The minimum absolute atomic E-state index is 0.0636. The Morgan fingerprint density at radius 1 is 1.44 bits per heavy atom. The van der Waals surface area contributed by atoms with Crippen molar-refractivity contribution in [3.63, 3.8) is 0 Å². The highest BCUT2D eigenvalue weighted by Crippen LogP contribution is 2.33. The van der Waals surface area contributed by atoms with Crippen LogP contribution in [0.15, 0.2) is 17.0 Å². The molecule has 0 aliphatic carbocycles. The van der Waals surface area contributed by atoms with E-state index in [2.05, 4.69) is 0 Å². The minimum atomic E-state index is -3.32. The summed E-state index contributed by atoms with van der Waals surface area (Å²) >= 11 is 0. The number of carboxylic acids is 1. The molecule has 1 N–H and O–H groups in total. The zero-order chi connectivity index (χ0) is 11.9. The number of hydrogen-bond acceptors (Lipinski definition) is 4. The van der Waals surface area contributed by atoms with Crippen molar-refractivity contribution in [2.45, 2.75) is 11.8 Å². The predicted molar refractivity (Wildman–Crippen MR) is 55.7 cm³/mol. The maximum atomic E-state index is 11.7. The first kappa shape index (κ1) is 10.9. The van der Waals surface area contributed by atoms with Gasteiger partial charge in [0.25, 0.3) is 0 Å². The maximum Gasteiger partial charge on any atom is 0.336 e. The summed E-state index contributed by atoms with van der Waals surface area (Å²) in [5.41, 5.74) is 0.420. The fourth-order valence-electron chi connectivity index (χ4n) is 1.69. The van der Waals surface area contributed by atoms with Crippen LogP contribution in [0.2, 0.25) is 0 Å². The molecule has 1 aliphatic rings. The van der Waals surface area contributed by atoms with Crippen LogP contribution >= 0.6 is 0 Å². The number of aromatic carboxylic acids is 1. The largest absolute Gasteiger partial charge is 0.491 e. The van der Waals surface area contributed by atoms with Gasteiger partial charge in [-0.3, -0.25) is 0 Å². The lowest BCUT2D eigenvalue weighted by molar-refractivity contribution is 0.0695. The van der Waals surface area contributed by atoms with Gasteiger partial charge in [0, 0.05) is 5.56 Å². The summed E-state index contributed by atoms with van der Waals surface area (Å²) in [6.45, 7) is 1.61. The molecule has 0 spiro atoms. The fourth-order valence-corrected chi connectivity index (χ4v) is 2.98. The lowest BCUT2D eigenvalue weighted by Gasteiger charge is -2.20. The number of carboxylic acid groups (broad SMARTS) is 1. The maximum absolute atomic E-state index is 11.7. The van der Waals surface area contributed by atoms with Gasteiger partial charge in [0.15, 0.2) is 9.84 Å². The molecule has 0 unspecified atom stereocenters. The monoisotopic (exact) mass is 242 g/mol. The molecule has 1 aromatic rings. The third kappa shape index (κ3) is 1.55. The molecule has 2 rings (SSSR count). The number of benzene rings is 1. The second-order valence-electron chi connectivity index (χ2n) is 3.54. The summed E-state index contributed by atoms with van der Waals surface area (Å²) in [7, 11) is -3.32. The number of hydrogen-bond donors (Lipinski definition) is 1. The first-order valence-corrected chi connectivity index (χ1v) is 6.31. The van der Waals surface area contributed by atoms with E-state index in [4.69, 9.17) is 9.84 Å². The Labute approximate surface area is 92.6 Å². The summed E-state index contributed by atoms with van der Waals surface area (Å²) in [5, 5.41) is 8.89. The zero-order valence-corrected chi connectivity index (χ0v) is 9.37. The van der Waals surface area contributed by atoms with E-state index in [1.165, 1.54) is 12.1 Å². The Kier molecular flexibility index (Phi) is 2.38. The van der Waals surface area contributed by atoms with Crippen molar-refractivity contribution in [1.82, 2.24) is 0 Å². The normalized spacial score (nSPS) is 17.3. The van der Waals surface area contributed by atoms with Crippen molar-refractivity contribution in [3.05, 3.63) is 23.3 Å². The van der Waals surface area contributed by atoms with Crippen molar-refractivity contribution in [2.75, 3.05) is 12.4 Å². The molecule has 0 fully saturated rings. The molecule has 16 heavy (non-hydrogen) atoms. The van der Waals surface area contributed by atoms with Crippen LogP contribution in [0, 0.1) is 6.92 Å². The molecule has 0 radical (unpaired) electrons. The van der Waals surface area contributed by atoms with Gasteiger partial charge in [0.2, 0.25) is 0 Å². The van der Waals surface area contributed by atoms with Crippen LogP contribution < -0.4 is 4.74 Å². The van der Waals surface area contributed by atoms with Crippen molar-refractivity contribution in [3.8, 4) is 5.75 Å². The predicted octanol–water partition coefficient (Wildman–Crippen LogP) is 0.859. The van der Waals surface area contributed by atoms with Gasteiger partial charge in [-0.05, 0) is 19.1 Å². The SMILES string of the molecule is Cc1c(C(=O)O)ccc2c1OCCS2(=O)=O. The van der Waals surface area contributed by atoms with Crippen LogP contribution in [0.5, 0.6) is 5.75 Å². The Morgan fingerprint density at radius 2 is 2.12 bits per heavy atom. The Balaban J connectivity index is 2.72. The second kappa shape index (κ2) is 3.48. The first-order valence-electron chi connectivity index (χ1n) is 4.66. The quantitative estimate of drug-likeness (QED) is 0.790. The average Bonchev–Trinajstić information content (AvgIpc) is 2.18. The molecular formula is C10H10O5S. The molecule has 0 saturated heterocycles. The van der Waals surface area contributed by atoms with Gasteiger partial charge in [-0.1, -0.05) is 0 Å². The zero-order valence-electron chi connectivity index (χ0n) is 8.56. The number of carbonyl (C=O) groups is 1. The van der Waals surface area contributed by atoms with Gasteiger partial charge in [-0.2, -0.15) is 0 Å². The van der Waals surface area contributed by atoms with Gasteiger partial charge < -0.3 is 9.84 Å². The molecule has 0 amide bonds. The molecule has 0 bridgehead atoms. The van der Waals surface area contributed by atoms with Crippen molar-refractivity contribution < 1.29 is 23.1 Å². The van der Waals surface area contributed by atoms with E-state index in [1.54, 1.807) is 6.92 Å². The Hall–Kier alpha value is -1.56. The number of fused-ring (bicyclic) bond motifs is 1. The average molecular weight is 242 g/mol. The summed E-state index contributed by atoms with van der Waals surface area (Å²) in [6, 6.07) is 2.59. The second-order valence-corrected chi connectivity index (χ2v) is 5.62. The van der Waals surface area contributed by atoms with E-state index in [1.807, 2.05) is 0 Å². The van der Waals surface area contributed by atoms with E-state index >= 15 is 0 Å². The molecule has 5 nitrogen and oxygen atoms in total. The first-order chi connectivity index (χ1) is 7.43. The minimum Gasteiger partial charge on any atom is -0.491 e. The van der Waals surface area contributed by atoms with E-state index < -0.39 is 15.8 Å². The summed E-state index contributed by atoms with van der Waals surface area (Å²) < 4.78 is 28.6. The van der Waals surface area contributed by atoms with Crippen molar-refractivity contribution in [1.29, 1.82) is 0 Å². The van der Waals surface area contributed by atoms with Gasteiger partial charge in [-0.15, -0.1) is 0 Å². The van der Waals surface area contributed by atoms with Crippen LogP contribution in [0.25, 0.3) is 0 Å². The van der Waals surface area contributed by atoms with E-state index in [0.717, 1.165) is 0 Å². The number of ether oxygens (including phenoxy) is 1. The Bertz CT molecular complexity index is 559. The lowest BCUT2D eigenvalue weighted by Crippen LogP contribution is -2.22. The molecule has 1 aromatic carbocycles. The summed E-state index contributed by atoms with van der Waals surface area (Å²) in [6.07, 6.45) is 0. The third-order valence-electron chi connectivity index (χ3n) is 2.53. The fraction of sp³-hybridized carbons (Fsp3) is 0.300. The van der Waals surface area contributed by atoms with Crippen LogP contribution in [0.1, 0.15) is 15.9 Å². The van der Waals surface area contributed by atoms with E-state index in [-0.39, 0.29) is 28.6 Å². The van der Waals surface area contributed by atoms with Crippen LogP contribution in [0.4, 0.5) is 0 Å². The molecule has 6 heteroatoms. The van der Waals surface area contributed by atoms with Crippen molar-refractivity contribution >= 4 is 15.8 Å². The van der Waals surface area contributed by atoms with E-state index in [9.17, 15) is 13.2 Å². The topological polar surface area (TPSA) is 80.7 Å².